The maximum Gasteiger partial charge on any atom is 0.230 e. The van der Waals surface area contributed by atoms with E-state index in [4.69, 9.17) is 0 Å². The topological polar surface area (TPSA) is 61.2 Å². The molecule has 0 spiro atoms. The highest BCUT2D eigenvalue weighted by Crippen LogP contribution is 2.04. The molecule has 4 nitrogen and oxygen atoms in total. The Kier molecular flexibility index (Phi) is 3.43. The second-order valence-corrected chi connectivity index (χ2v) is 4.63. The molecule has 2 aromatic carbocycles. The summed E-state index contributed by atoms with van der Waals surface area (Å²) in [7, 11) is 0. The third-order valence-corrected chi connectivity index (χ3v) is 3.30. The van der Waals surface area contributed by atoms with E-state index in [0.717, 1.165) is 16.1 Å². The summed E-state index contributed by atoms with van der Waals surface area (Å²) in [6.07, 6.45) is 6.99. The third kappa shape index (κ3) is 2.65. The summed E-state index contributed by atoms with van der Waals surface area (Å²) < 4.78 is 0. The smallest absolute Gasteiger partial charge is 0.230 e. The van der Waals surface area contributed by atoms with Gasteiger partial charge in [0, 0.05) is 18.0 Å². The monoisotopic (exact) mass is 277 g/mol. The number of nitrogens with one attached hydrogen (secondary N) is 1. The molecular formula is C17H13N2O2-. The van der Waals surface area contributed by atoms with Crippen molar-refractivity contribution in [3.05, 3.63) is 87.1 Å². The number of hydrogen-bond donors (Lipinski definition) is 1. The van der Waals surface area contributed by atoms with Crippen LogP contribution >= 0.6 is 0 Å². The molecule has 0 bridgehead atoms. The molecule has 0 saturated carbocycles. The predicted molar refractivity (Wildman–Crippen MR) is 84.9 cm³/mol. The van der Waals surface area contributed by atoms with E-state index in [1.807, 2.05) is 54.7 Å². The van der Waals surface area contributed by atoms with Crippen LogP contribution in [0.1, 0.15) is 5.56 Å². The van der Waals surface area contributed by atoms with Gasteiger partial charge in [-0.2, -0.15) is 4.90 Å². The molecule has 0 amide bonds. The van der Waals surface area contributed by atoms with Crippen molar-refractivity contribution in [2.24, 2.45) is 0 Å². The van der Waals surface area contributed by atoms with Crippen LogP contribution in [0, 0.1) is 10.4 Å². The van der Waals surface area contributed by atoms with Gasteiger partial charge in [-0.15, -0.1) is 0 Å². The van der Waals surface area contributed by atoms with Gasteiger partial charge >= 0.3 is 0 Å². The first-order valence-corrected chi connectivity index (χ1v) is 6.56. The fourth-order valence-electron chi connectivity index (χ4n) is 2.30. The number of para-hydroxylation sites is 1. The van der Waals surface area contributed by atoms with Crippen molar-refractivity contribution in [2.45, 2.75) is 0 Å². The van der Waals surface area contributed by atoms with Gasteiger partial charge in [0.1, 0.15) is 0 Å². The molecule has 0 saturated heterocycles. The van der Waals surface area contributed by atoms with Gasteiger partial charge < -0.3 is 15.7 Å². The summed E-state index contributed by atoms with van der Waals surface area (Å²) in [6.45, 7) is 0. The normalized spacial score (nSPS) is 13.5. The Hall–Kier alpha value is -3.01. The summed E-state index contributed by atoms with van der Waals surface area (Å²) in [5.41, 5.74) is 1.74. The molecule has 0 unspecified atom stereocenters. The van der Waals surface area contributed by atoms with Gasteiger partial charge in [0.05, 0.1) is 5.56 Å². The molecule has 4 heteroatoms. The molecule has 0 fully saturated rings. The van der Waals surface area contributed by atoms with Crippen LogP contribution in [-0.4, -0.2) is 10.6 Å². The molecule has 3 rings (SSSR count). The maximum absolute atomic E-state index is 11.1. The molecular weight excluding hydrogens is 264 g/mol. The third-order valence-electron chi connectivity index (χ3n) is 3.30. The van der Waals surface area contributed by atoms with Gasteiger partial charge in [-0.3, -0.25) is 0 Å². The number of rotatable bonds is 2. The summed E-state index contributed by atoms with van der Waals surface area (Å²) >= 11 is 0. The van der Waals surface area contributed by atoms with Gasteiger partial charge in [-0.05, 0) is 28.6 Å². The van der Waals surface area contributed by atoms with Gasteiger partial charge in [0.15, 0.2) is 0 Å². The Morgan fingerprint density at radius 3 is 2.52 bits per heavy atom. The van der Waals surface area contributed by atoms with Crippen LogP contribution in [0.5, 0.6) is 0 Å². The lowest BCUT2D eigenvalue weighted by Crippen LogP contribution is -2.34. The van der Waals surface area contributed by atoms with E-state index in [-0.39, 0.29) is 10.6 Å². The zero-order valence-electron chi connectivity index (χ0n) is 11.2. The Balaban J connectivity index is 2.09. The van der Waals surface area contributed by atoms with Crippen LogP contribution < -0.4 is 15.8 Å². The van der Waals surface area contributed by atoms with Crippen LogP contribution in [0.25, 0.3) is 12.3 Å². The van der Waals surface area contributed by atoms with Crippen molar-refractivity contribution < 1.29 is 4.90 Å². The Bertz CT molecular complexity index is 833. The van der Waals surface area contributed by atoms with E-state index in [1.165, 1.54) is 6.08 Å². The molecule has 0 radical (unpaired) electrons. The van der Waals surface area contributed by atoms with Gasteiger partial charge in [-0.25, -0.2) is 0 Å². The second-order valence-electron chi connectivity index (χ2n) is 4.63. The van der Waals surface area contributed by atoms with Crippen molar-refractivity contribution in [1.29, 1.82) is 0 Å². The lowest BCUT2D eigenvalue weighted by atomic mass is 10.0. The number of fused-ring (bicyclic) bond motifs is 1. The van der Waals surface area contributed by atoms with Crippen molar-refractivity contribution in [2.75, 3.05) is 5.32 Å². The van der Waals surface area contributed by atoms with Crippen LogP contribution in [-0.2, 0) is 0 Å². The van der Waals surface area contributed by atoms with E-state index in [2.05, 4.69) is 5.32 Å². The highest BCUT2D eigenvalue weighted by molar-refractivity contribution is 6.07. The zero-order valence-corrected chi connectivity index (χ0v) is 11.2. The maximum atomic E-state index is 11.1. The average molecular weight is 277 g/mol. The first kappa shape index (κ1) is 13.0. The van der Waals surface area contributed by atoms with Crippen LogP contribution in [0.15, 0.2) is 60.7 Å². The summed E-state index contributed by atoms with van der Waals surface area (Å²) in [6, 6.07) is 15.3. The van der Waals surface area contributed by atoms with Crippen LogP contribution in [0.2, 0.25) is 0 Å². The van der Waals surface area contributed by atoms with Crippen LogP contribution in [0.3, 0.4) is 0 Å². The van der Waals surface area contributed by atoms with E-state index < -0.39 is 0 Å². The molecule has 0 atom stereocenters. The summed E-state index contributed by atoms with van der Waals surface area (Å²) in [4.78, 5) is -0.350. The second kappa shape index (κ2) is 5.54. The standard InChI is InChI=1S/C17H13N2O2/c20-19(21)17-11-5-9-15-13(6-4-10-16(15)17)12-18-14-7-2-1-3-8-14/h1-12,18H/q-1. The highest BCUT2D eigenvalue weighted by Gasteiger charge is 2.11. The molecule has 1 aliphatic rings. The lowest BCUT2D eigenvalue weighted by Gasteiger charge is -2.11. The van der Waals surface area contributed by atoms with Crippen molar-refractivity contribution in [1.82, 2.24) is 0 Å². The van der Waals surface area contributed by atoms with Gasteiger partial charge in [0.2, 0.25) is 5.71 Å². The molecule has 1 aliphatic carbocycles. The minimum atomic E-state index is -0.350. The van der Waals surface area contributed by atoms with E-state index in [1.54, 1.807) is 12.1 Å². The number of anilines is 1. The predicted octanol–water partition coefficient (Wildman–Crippen LogP) is 1.68. The van der Waals surface area contributed by atoms with Crippen LogP contribution in [0.4, 0.5) is 5.69 Å². The van der Waals surface area contributed by atoms with Crippen molar-refractivity contribution >= 4 is 23.7 Å². The minimum absolute atomic E-state index is 0.127. The average Bonchev–Trinajstić information content (AvgIpc) is 2.53. The first-order valence-electron chi connectivity index (χ1n) is 6.56. The number of benzene rings is 2. The SMILES string of the molecule is [O-][N+]([O-])=C1C=CC=c2c1cccc2=CNc1ccccc1. The highest BCUT2D eigenvalue weighted by atomic mass is 16.8. The Morgan fingerprint density at radius 1 is 0.952 bits per heavy atom. The fourth-order valence-corrected chi connectivity index (χ4v) is 2.30. The Labute approximate surface area is 121 Å². The molecule has 2 aromatic rings. The van der Waals surface area contributed by atoms with Crippen molar-refractivity contribution in [3.8, 4) is 0 Å². The van der Waals surface area contributed by atoms with Gasteiger partial charge in [-0.1, -0.05) is 42.5 Å². The molecule has 0 aromatic heterocycles. The van der Waals surface area contributed by atoms with Gasteiger partial charge in [0.25, 0.3) is 0 Å². The summed E-state index contributed by atoms with van der Waals surface area (Å²) in [5.74, 6) is 0. The molecule has 104 valence electrons. The largest absolute Gasteiger partial charge is 0.612 e. The quantitative estimate of drug-likeness (QED) is 0.671. The van der Waals surface area contributed by atoms with Crippen molar-refractivity contribution in [3.63, 3.8) is 0 Å². The lowest BCUT2D eigenvalue weighted by molar-refractivity contribution is -0.377. The molecule has 21 heavy (non-hydrogen) atoms. The van der Waals surface area contributed by atoms with E-state index in [0.29, 0.717) is 5.56 Å². The Morgan fingerprint density at radius 2 is 1.76 bits per heavy atom. The summed E-state index contributed by atoms with van der Waals surface area (Å²) in [5, 5.41) is 27.2. The first-order chi connectivity index (χ1) is 10.3. The fraction of sp³-hybridized carbons (Fsp3) is 0. The van der Waals surface area contributed by atoms with E-state index in [9.17, 15) is 10.4 Å². The van der Waals surface area contributed by atoms with E-state index >= 15 is 0 Å². The zero-order chi connectivity index (χ0) is 14.7. The molecule has 0 heterocycles. The number of hydrogen-bond acceptors (Lipinski definition) is 3. The molecule has 1 N–H and O–H groups in total. The number of nitrogens with zero attached hydrogens (tertiary/aromatic N) is 1. The minimum Gasteiger partial charge on any atom is -0.612 e. The molecule has 0 aliphatic heterocycles. The number of allylic oxidation sites excluding steroid dienone is 2.